The molecule has 0 aliphatic heterocycles. The number of hydrogen-bond donors (Lipinski definition) is 2. The van der Waals surface area contributed by atoms with E-state index < -0.39 is 9.84 Å². The summed E-state index contributed by atoms with van der Waals surface area (Å²) >= 11 is 0. The third-order valence-corrected chi connectivity index (χ3v) is 5.72. The summed E-state index contributed by atoms with van der Waals surface area (Å²) in [6, 6.07) is 4.85. The number of carbonyl (C=O) groups excluding carboxylic acids is 1. The van der Waals surface area contributed by atoms with Gasteiger partial charge < -0.3 is 10.3 Å². The van der Waals surface area contributed by atoms with Crippen molar-refractivity contribution >= 4 is 37.8 Å². The van der Waals surface area contributed by atoms with Gasteiger partial charge in [0.25, 0.3) is 5.91 Å². The fourth-order valence-corrected chi connectivity index (χ4v) is 3.88. The quantitative estimate of drug-likeness (QED) is 0.519. The first kappa shape index (κ1) is 20.0. The molecule has 0 bridgehead atoms. The molecule has 0 saturated carbocycles. The summed E-state index contributed by atoms with van der Waals surface area (Å²) in [5, 5.41) is 8.19. The van der Waals surface area contributed by atoms with Crippen molar-refractivity contribution in [3.63, 3.8) is 0 Å². The molecule has 0 aliphatic carbocycles. The van der Waals surface area contributed by atoms with Crippen LogP contribution < -0.4 is 5.32 Å². The third kappa shape index (κ3) is 3.54. The van der Waals surface area contributed by atoms with Crippen molar-refractivity contribution in [1.29, 1.82) is 0 Å². The van der Waals surface area contributed by atoms with Gasteiger partial charge in [-0.05, 0) is 39.0 Å². The molecule has 0 spiro atoms. The van der Waals surface area contributed by atoms with Crippen LogP contribution in [0.5, 0.6) is 0 Å². The van der Waals surface area contributed by atoms with E-state index in [2.05, 4.69) is 25.4 Å². The van der Waals surface area contributed by atoms with Crippen molar-refractivity contribution in [2.75, 3.05) is 6.26 Å². The smallest absolute Gasteiger partial charge is 0.255 e. The second kappa shape index (κ2) is 6.63. The second-order valence-electron chi connectivity index (χ2n) is 8.28. The van der Waals surface area contributed by atoms with E-state index in [1.54, 1.807) is 42.3 Å². The minimum Gasteiger partial charge on any atom is -0.347 e. The Morgan fingerprint density at radius 2 is 1.97 bits per heavy atom. The molecule has 4 rings (SSSR count). The maximum absolute atomic E-state index is 12.7. The van der Waals surface area contributed by atoms with Crippen molar-refractivity contribution in [3.8, 4) is 11.4 Å². The Labute approximate surface area is 173 Å². The lowest BCUT2D eigenvalue weighted by Gasteiger charge is -2.19. The molecular formula is C20H22N6O3S. The average molecular weight is 427 g/mol. The molecule has 1 amide bonds. The standard InChI is InChI=1S/C20H22N6O3S/c1-20(2,3)24-19(27)13-9-21-18-17(13)23-14(10-22-18)16-12-7-6-11(30(5,28)29)8-15(12)26(4)25-16/h6-10H,1-5H3,(H,21,22)(H,24,27). The largest absolute Gasteiger partial charge is 0.347 e. The molecule has 0 aliphatic rings. The van der Waals surface area contributed by atoms with Crippen LogP contribution in [-0.2, 0) is 16.9 Å². The summed E-state index contributed by atoms with van der Waals surface area (Å²) in [6.45, 7) is 5.71. The van der Waals surface area contributed by atoms with Crippen LogP contribution in [0, 0.1) is 0 Å². The first-order chi connectivity index (χ1) is 13.9. The molecule has 0 radical (unpaired) electrons. The molecule has 2 N–H and O–H groups in total. The van der Waals surface area contributed by atoms with Crippen LogP contribution in [-0.4, -0.2) is 50.9 Å². The van der Waals surface area contributed by atoms with Crippen LogP contribution >= 0.6 is 0 Å². The zero-order valence-corrected chi connectivity index (χ0v) is 18.1. The predicted molar refractivity (Wildman–Crippen MR) is 114 cm³/mol. The lowest BCUT2D eigenvalue weighted by Crippen LogP contribution is -2.40. The van der Waals surface area contributed by atoms with Gasteiger partial charge in [0, 0.05) is 30.4 Å². The van der Waals surface area contributed by atoms with Crippen molar-refractivity contribution in [2.24, 2.45) is 7.05 Å². The van der Waals surface area contributed by atoms with Crippen molar-refractivity contribution < 1.29 is 13.2 Å². The summed E-state index contributed by atoms with van der Waals surface area (Å²) in [4.78, 5) is 24.9. The number of rotatable bonds is 3. The van der Waals surface area contributed by atoms with Gasteiger partial charge in [-0.2, -0.15) is 5.10 Å². The topological polar surface area (TPSA) is 123 Å². The van der Waals surface area contributed by atoms with Crippen LogP contribution in [0.25, 0.3) is 33.5 Å². The van der Waals surface area contributed by atoms with Gasteiger partial charge in [-0.1, -0.05) is 0 Å². The second-order valence-corrected chi connectivity index (χ2v) is 10.3. The fourth-order valence-electron chi connectivity index (χ4n) is 3.24. The number of hydrogen-bond acceptors (Lipinski definition) is 6. The molecule has 30 heavy (non-hydrogen) atoms. The number of nitrogens with zero attached hydrogens (tertiary/aromatic N) is 4. The van der Waals surface area contributed by atoms with Gasteiger partial charge in [0.05, 0.1) is 22.2 Å². The first-order valence-corrected chi connectivity index (χ1v) is 11.2. The number of sulfone groups is 1. The number of aryl methyl sites for hydroxylation is 1. The van der Waals surface area contributed by atoms with Gasteiger partial charge in [0.2, 0.25) is 0 Å². The minimum absolute atomic E-state index is 0.220. The lowest BCUT2D eigenvalue weighted by atomic mass is 10.1. The number of nitrogens with one attached hydrogen (secondary N) is 2. The Kier molecular flexibility index (Phi) is 4.42. The number of fused-ring (bicyclic) bond motifs is 2. The van der Waals surface area contributed by atoms with Gasteiger partial charge in [-0.25, -0.2) is 18.4 Å². The maximum Gasteiger partial charge on any atom is 0.255 e. The SMILES string of the molecule is Cn1nc(-c2cnc3[nH]cc(C(=O)NC(C)(C)C)c3n2)c2ccc(S(C)(=O)=O)cc21. The van der Waals surface area contributed by atoms with E-state index in [1.807, 2.05) is 20.8 Å². The van der Waals surface area contributed by atoms with Crippen LogP contribution in [0.4, 0.5) is 0 Å². The van der Waals surface area contributed by atoms with Gasteiger partial charge in [0.15, 0.2) is 15.5 Å². The summed E-state index contributed by atoms with van der Waals surface area (Å²) < 4.78 is 25.4. The summed E-state index contributed by atoms with van der Waals surface area (Å²) in [6.07, 6.45) is 4.34. The molecular weight excluding hydrogens is 404 g/mol. The van der Waals surface area contributed by atoms with E-state index in [4.69, 9.17) is 0 Å². The molecule has 0 saturated heterocycles. The number of carbonyl (C=O) groups is 1. The van der Waals surface area contributed by atoms with Crippen LogP contribution in [0.1, 0.15) is 31.1 Å². The highest BCUT2D eigenvalue weighted by atomic mass is 32.2. The van der Waals surface area contributed by atoms with Gasteiger partial charge in [0.1, 0.15) is 16.9 Å². The molecule has 0 fully saturated rings. The number of aromatic nitrogens is 5. The number of amides is 1. The van der Waals surface area contributed by atoms with Crippen molar-refractivity contribution in [2.45, 2.75) is 31.2 Å². The fraction of sp³-hybridized carbons (Fsp3) is 0.300. The average Bonchev–Trinajstić information content (AvgIpc) is 3.20. The van der Waals surface area contributed by atoms with Crippen LogP contribution in [0.2, 0.25) is 0 Å². The number of benzene rings is 1. The molecule has 0 unspecified atom stereocenters. The van der Waals surface area contributed by atoms with E-state index in [9.17, 15) is 13.2 Å². The Hall–Kier alpha value is -3.27. The van der Waals surface area contributed by atoms with Gasteiger partial charge >= 0.3 is 0 Å². The lowest BCUT2D eigenvalue weighted by molar-refractivity contribution is 0.0921. The van der Waals surface area contributed by atoms with E-state index in [0.29, 0.717) is 33.6 Å². The third-order valence-electron chi connectivity index (χ3n) is 4.61. The van der Waals surface area contributed by atoms with Crippen molar-refractivity contribution in [1.82, 2.24) is 30.0 Å². The summed E-state index contributed by atoms with van der Waals surface area (Å²) in [7, 11) is -1.60. The molecule has 3 aromatic heterocycles. The minimum atomic E-state index is -3.34. The molecule has 156 valence electrons. The summed E-state index contributed by atoms with van der Waals surface area (Å²) in [5.74, 6) is -0.246. The molecule has 9 nitrogen and oxygen atoms in total. The normalized spacial score (nSPS) is 12.6. The maximum atomic E-state index is 12.7. The zero-order chi connectivity index (χ0) is 21.8. The van der Waals surface area contributed by atoms with E-state index in [-0.39, 0.29) is 16.3 Å². The molecule has 10 heteroatoms. The highest BCUT2D eigenvalue weighted by Gasteiger charge is 2.21. The van der Waals surface area contributed by atoms with E-state index >= 15 is 0 Å². The summed E-state index contributed by atoms with van der Waals surface area (Å²) in [5.41, 5.74) is 2.66. The van der Waals surface area contributed by atoms with Crippen molar-refractivity contribution in [3.05, 3.63) is 36.2 Å². The monoisotopic (exact) mass is 426 g/mol. The Balaban J connectivity index is 1.85. The zero-order valence-electron chi connectivity index (χ0n) is 17.3. The highest BCUT2D eigenvalue weighted by Crippen LogP contribution is 2.29. The van der Waals surface area contributed by atoms with Crippen LogP contribution in [0.15, 0.2) is 35.5 Å². The Morgan fingerprint density at radius 3 is 2.63 bits per heavy atom. The Bertz CT molecular complexity index is 1410. The molecule has 3 heterocycles. The highest BCUT2D eigenvalue weighted by molar-refractivity contribution is 7.90. The van der Waals surface area contributed by atoms with Crippen LogP contribution in [0.3, 0.4) is 0 Å². The number of aromatic amines is 1. The molecule has 0 atom stereocenters. The van der Waals surface area contributed by atoms with E-state index in [1.165, 1.54) is 6.26 Å². The first-order valence-electron chi connectivity index (χ1n) is 9.28. The molecule has 1 aromatic carbocycles. The Morgan fingerprint density at radius 1 is 1.23 bits per heavy atom. The van der Waals surface area contributed by atoms with Gasteiger partial charge in [-0.15, -0.1) is 0 Å². The molecule has 4 aromatic rings. The predicted octanol–water partition coefficient (Wildman–Crippen LogP) is 2.44. The van der Waals surface area contributed by atoms with Gasteiger partial charge in [-0.3, -0.25) is 9.48 Å². The van der Waals surface area contributed by atoms with E-state index in [0.717, 1.165) is 5.39 Å². The number of H-pyrrole nitrogens is 1.